The van der Waals surface area contributed by atoms with Crippen molar-refractivity contribution < 1.29 is 14.9 Å². The van der Waals surface area contributed by atoms with Gasteiger partial charge in [-0.2, -0.15) is 0 Å². The molecule has 5 nitrogen and oxygen atoms in total. The van der Waals surface area contributed by atoms with Crippen LogP contribution in [0.2, 0.25) is 0 Å². The number of ether oxygens (including phenoxy) is 1. The van der Waals surface area contributed by atoms with E-state index in [0.29, 0.717) is 25.4 Å². The number of benzene rings is 1. The van der Waals surface area contributed by atoms with Gasteiger partial charge in [0.05, 0.1) is 6.61 Å². The van der Waals surface area contributed by atoms with Crippen LogP contribution in [0.25, 0.3) is 0 Å². The summed E-state index contributed by atoms with van der Waals surface area (Å²) in [5, 5.41) is 19.0. The Balaban J connectivity index is 2.43. The predicted molar refractivity (Wildman–Crippen MR) is 79.6 cm³/mol. The molecule has 1 aromatic carbocycles. The average molecular weight is 282 g/mol. The predicted octanol–water partition coefficient (Wildman–Crippen LogP) is 0.588. The summed E-state index contributed by atoms with van der Waals surface area (Å²) in [6.45, 7) is 5.89. The lowest BCUT2D eigenvalue weighted by molar-refractivity contribution is 0.0502. The van der Waals surface area contributed by atoms with E-state index in [9.17, 15) is 5.11 Å². The molecule has 0 heterocycles. The summed E-state index contributed by atoms with van der Waals surface area (Å²) in [4.78, 5) is 2.02. The van der Waals surface area contributed by atoms with Gasteiger partial charge in [0, 0.05) is 25.7 Å². The van der Waals surface area contributed by atoms with Gasteiger partial charge < -0.3 is 20.7 Å². The summed E-state index contributed by atoms with van der Waals surface area (Å²) < 4.78 is 5.57. The third-order valence-corrected chi connectivity index (χ3v) is 3.14. The number of nitrogens with two attached hydrogens (primary N) is 1. The van der Waals surface area contributed by atoms with Gasteiger partial charge in [-0.15, -0.1) is 0 Å². The molecule has 0 radical (unpaired) electrons. The summed E-state index contributed by atoms with van der Waals surface area (Å²) in [6, 6.07) is 7.82. The van der Waals surface area contributed by atoms with E-state index in [1.807, 2.05) is 43.0 Å². The molecule has 1 aromatic rings. The van der Waals surface area contributed by atoms with E-state index in [-0.39, 0.29) is 19.3 Å². The minimum atomic E-state index is -0.592. The molecule has 1 atom stereocenters. The fourth-order valence-electron chi connectivity index (χ4n) is 1.97. The SMILES string of the molecule is CC(C)N(CCO)CC(O)COc1cccc(CN)c1. The van der Waals surface area contributed by atoms with Crippen LogP contribution in [0, 0.1) is 0 Å². The first-order chi connectivity index (χ1) is 9.56. The number of aliphatic hydroxyl groups is 2. The molecule has 0 spiro atoms. The highest BCUT2D eigenvalue weighted by atomic mass is 16.5. The molecule has 0 aliphatic carbocycles. The second-order valence-corrected chi connectivity index (χ2v) is 5.13. The minimum Gasteiger partial charge on any atom is -0.491 e. The maximum Gasteiger partial charge on any atom is 0.119 e. The third kappa shape index (κ3) is 5.88. The van der Waals surface area contributed by atoms with Crippen LogP contribution in [-0.2, 0) is 6.54 Å². The number of rotatable bonds is 9. The van der Waals surface area contributed by atoms with Crippen LogP contribution in [0.3, 0.4) is 0 Å². The second kappa shape index (κ2) is 8.92. The lowest BCUT2D eigenvalue weighted by atomic mass is 10.2. The Bertz CT molecular complexity index is 385. The van der Waals surface area contributed by atoms with Gasteiger partial charge in [-0.25, -0.2) is 0 Å². The Labute approximate surface area is 121 Å². The van der Waals surface area contributed by atoms with Crippen LogP contribution in [0.15, 0.2) is 24.3 Å². The highest BCUT2D eigenvalue weighted by Crippen LogP contribution is 2.13. The van der Waals surface area contributed by atoms with E-state index in [2.05, 4.69) is 0 Å². The van der Waals surface area contributed by atoms with Crippen LogP contribution in [0.1, 0.15) is 19.4 Å². The first-order valence-electron chi connectivity index (χ1n) is 7.01. The van der Waals surface area contributed by atoms with Gasteiger partial charge >= 0.3 is 0 Å². The summed E-state index contributed by atoms with van der Waals surface area (Å²) in [5.74, 6) is 0.713. The Morgan fingerprint density at radius 2 is 2.10 bits per heavy atom. The smallest absolute Gasteiger partial charge is 0.119 e. The van der Waals surface area contributed by atoms with Gasteiger partial charge in [0.25, 0.3) is 0 Å². The fourth-order valence-corrected chi connectivity index (χ4v) is 1.97. The van der Waals surface area contributed by atoms with E-state index in [1.165, 1.54) is 0 Å². The van der Waals surface area contributed by atoms with Crippen molar-refractivity contribution in [1.29, 1.82) is 0 Å². The number of nitrogens with zero attached hydrogens (tertiary/aromatic N) is 1. The Hall–Kier alpha value is -1.14. The molecule has 20 heavy (non-hydrogen) atoms. The van der Waals surface area contributed by atoms with Crippen LogP contribution < -0.4 is 10.5 Å². The molecule has 0 saturated carbocycles. The van der Waals surface area contributed by atoms with Gasteiger partial charge in [-0.3, -0.25) is 4.90 Å². The van der Waals surface area contributed by atoms with E-state index in [1.54, 1.807) is 0 Å². The summed E-state index contributed by atoms with van der Waals surface area (Å²) in [6.07, 6.45) is -0.592. The molecule has 0 fully saturated rings. The zero-order valence-electron chi connectivity index (χ0n) is 12.3. The Morgan fingerprint density at radius 1 is 1.35 bits per heavy atom. The van der Waals surface area contributed by atoms with Crippen molar-refractivity contribution in [1.82, 2.24) is 4.90 Å². The molecule has 0 saturated heterocycles. The number of hydrogen-bond donors (Lipinski definition) is 3. The average Bonchev–Trinajstić information content (AvgIpc) is 2.44. The molecule has 114 valence electrons. The second-order valence-electron chi connectivity index (χ2n) is 5.13. The lowest BCUT2D eigenvalue weighted by Gasteiger charge is -2.27. The van der Waals surface area contributed by atoms with Crippen LogP contribution in [-0.4, -0.2) is 53.6 Å². The molecule has 1 rings (SSSR count). The molecule has 4 N–H and O–H groups in total. The largest absolute Gasteiger partial charge is 0.491 e. The van der Waals surface area contributed by atoms with Crippen molar-refractivity contribution in [3.05, 3.63) is 29.8 Å². The summed E-state index contributed by atoms with van der Waals surface area (Å²) in [7, 11) is 0. The van der Waals surface area contributed by atoms with Gasteiger partial charge in [0.15, 0.2) is 0 Å². The van der Waals surface area contributed by atoms with Crippen molar-refractivity contribution >= 4 is 0 Å². The molecular weight excluding hydrogens is 256 g/mol. The van der Waals surface area contributed by atoms with Crippen molar-refractivity contribution in [2.45, 2.75) is 32.5 Å². The van der Waals surface area contributed by atoms with Gasteiger partial charge in [0.1, 0.15) is 18.5 Å². The van der Waals surface area contributed by atoms with Crippen molar-refractivity contribution in [3.63, 3.8) is 0 Å². The molecule has 0 aromatic heterocycles. The van der Waals surface area contributed by atoms with E-state index in [4.69, 9.17) is 15.6 Å². The topological polar surface area (TPSA) is 79.0 Å². The molecule has 0 aliphatic rings. The van der Waals surface area contributed by atoms with Crippen LogP contribution in [0.4, 0.5) is 0 Å². The third-order valence-electron chi connectivity index (χ3n) is 3.14. The van der Waals surface area contributed by atoms with E-state index >= 15 is 0 Å². The standard InChI is InChI=1S/C15H26N2O3/c1-12(2)17(6-7-18)10-14(19)11-20-15-5-3-4-13(8-15)9-16/h3-5,8,12,14,18-19H,6-7,9-11,16H2,1-2H3. The van der Waals surface area contributed by atoms with Gasteiger partial charge in [0.2, 0.25) is 0 Å². The van der Waals surface area contributed by atoms with E-state index in [0.717, 1.165) is 5.56 Å². The number of hydrogen-bond acceptors (Lipinski definition) is 5. The monoisotopic (exact) mass is 282 g/mol. The molecule has 0 aliphatic heterocycles. The Morgan fingerprint density at radius 3 is 2.70 bits per heavy atom. The first kappa shape index (κ1) is 16.9. The lowest BCUT2D eigenvalue weighted by Crippen LogP contribution is -2.41. The van der Waals surface area contributed by atoms with Crippen molar-refractivity contribution in [3.8, 4) is 5.75 Å². The zero-order chi connectivity index (χ0) is 15.0. The normalized spacial score (nSPS) is 12.9. The molecule has 1 unspecified atom stereocenters. The first-order valence-corrected chi connectivity index (χ1v) is 7.01. The van der Waals surface area contributed by atoms with Crippen LogP contribution in [0.5, 0.6) is 5.75 Å². The molecule has 5 heteroatoms. The summed E-state index contributed by atoms with van der Waals surface area (Å²) >= 11 is 0. The van der Waals surface area contributed by atoms with Gasteiger partial charge in [-0.05, 0) is 31.5 Å². The van der Waals surface area contributed by atoms with Crippen molar-refractivity contribution in [2.24, 2.45) is 5.73 Å². The quantitative estimate of drug-likeness (QED) is 0.618. The molecular formula is C15H26N2O3. The summed E-state index contributed by atoms with van der Waals surface area (Å²) in [5.41, 5.74) is 6.57. The minimum absolute atomic E-state index is 0.0876. The Kier molecular flexibility index (Phi) is 7.54. The maximum absolute atomic E-state index is 10.0. The number of aliphatic hydroxyl groups excluding tert-OH is 2. The van der Waals surface area contributed by atoms with E-state index < -0.39 is 6.10 Å². The molecule has 0 amide bonds. The van der Waals surface area contributed by atoms with Gasteiger partial charge in [-0.1, -0.05) is 12.1 Å². The molecule has 0 bridgehead atoms. The zero-order valence-corrected chi connectivity index (χ0v) is 12.3. The maximum atomic E-state index is 10.0. The highest BCUT2D eigenvalue weighted by Gasteiger charge is 2.14. The fraction of sp³-hybridized carbons (Fsp3) is 0.600. The van der Waals surface area contributed by atoms with Crippen molar-refractivity contribution in [2.75, 3.05) is 26.3 Å². The highest BCUT2D eigenvalue weighted by molar-refractivity contribution is 5.28. The van der Waals surface area contributed by atoms with Crippen LogP contribution >= 0.6 is 0 Å².